The van der Waals surface area contributed by atoms with Crippen molar-refractivity contribution in [1.82, 2.24) is 34.7 Å². The third-order valence-electron chi connectivity index (χ3n) is 2.78. The molecule has 0 amide bonds. The number of H-pyrrole nitrogens is 1. The first-order valence-electron chi connectivity index (χ1n) is 6.17. The Hall–Kier alpha value is -2.16. The van der Waals surface area contributed by atoms with Crippen LogP contribution in [0.15, 0.2) is 17.8 Å². The molecular weight excluding hydrogens is 276 g/mol. The quantitative estimate of drug-likeness (QED) is 0.533. The molecule has 9 heteroatoms. The summed E-state index contributed by atoms with van der Waals surface area (Å²) in [7, 11) is 0. The summed E-state index contributed by atoms with van der Waals surface area (Å²) in [6, 6.07) is 0. The van der Waals surface area contributed by atoms with Gasteiger partial charge >= 0.3 is 0 Å². The van der Waals surface area contributed by atoms with Crippen LogP contribution in [-0.4, -0.2) is 40.5 Å². The van der Waals surface area contributed by atoms with E-state index >= 15 is 0 Å². The zero-order valence-corrected chi connectivity index (χ0v) is 11.8. The van der Waals surface area contributed by atoms with Crippen LogP contribution in [0.1, 0.15) is 12.2 Å². The molecule has 0 spiro atoms. The maximum atomic E-state index is 5.75. The van der Waals surface area contributed by atoms with Crippen LogP contribution in [0.5, 0.6) is 0 Å². The minimum absolute atomic E-state index is 0.416. The van der Waals surface area contributed by atoms with Crippen molar-refractivity contribution in [2.75, 3.05) is 11.5 Å². The number of aromatic amines is 1. The number of nitrogens with zero attached hydrogens (tertiary/aromatic N) is 6. The van der Waals surface area contributed by atoms with Crippen LogP contribution in [-0.2, 0) is 6.54 Å². The van der Waals surface area contributed by atoms with E-state index in [2.05, 4.69) is 30.1 Å². The predicted octanol–water partition coefficient (Wildman–Crippen LogP) is 1.02. The fourth-order valence-electron chi connectivity index (χ4n) is 1.85. The number of nitrogens with one attached hydrogen (secondary N) is 1. The van der Waals surface area contributed by atoms with Crippen LogP contribution >= 0.6 is 11.8 Å². The molecule has 0 unspecified atom stereocenters. The lowest BCUT2D eigenvalue weighted by atomic mass is 10.4. The lowest BCUT2D eigenvalue weighted by Gasteiger charge is -2.02. The molecule has 0 saturated heterocycles. The van der Waals surface area contributed by atoms with E-state index in [1.165, 1.54) is 6.33 Å². The topological polar surface area (TPSA) is 111 Å². The van der Waals surface area contributed by atoms with E-state index in [4.69, 9.17) is 5.73 Å². The number of hydrogen-bond acceptors (Lipinski definition) is 7. The normalized spacial score (nSPS) is 11.2. The minimum atomic E-state index is 0.416. The van der Waals surface area contributed by atoms with Crippen LogP contribution in [0.4, 0.5) is 5.82 Å². The van der Waals surface area contributed by atoms with Crippen LogP contribution in [0.25, 0.3) is 11.2 Å². The highest BCUT2D eigenvalue weighted by atomic mass is 32.2. The van der Waals surface area contributed by atoms with Crippen LogP contribution in [0.2, 0.25) is 0 Å². The summed E-state index contributed by atoms with van der Waals surface area (Å²) in [6.45, 7) is 2.71. The highest BCUT2D eigenvalue weighted by Gasteiger charge is 2.07. The van der Waals surface area contributed by atoms with Crippen LogP contribution in [0, 0.1) is 6.92 Å². The molecule has 3 N–H and O–H groups in total. The average Bonchev–Trinajstić information content (AvgIpc) is 3.02. The molecule has 104 valence electrons. The van der Waals surface area contributed by atoms with E-state index in [0.717, 1.165) is 35.3 Å². The van der Waals surface area contributed by atoms with Crippen molar-refractivity contribution < 1.29 is 0 Å². The molecular formula is C11H14N8S. The van der Waals surface area contributed by atoms with Crippen LogP contribution < -0.4 is 5.73 Å². The fraction of sp³-hybridized carbons (Fsp3) is 0.364. The Morgan fingerprint density at radius 1 is 1.35 bits per heavy atom. The zero-order valence-electron chi connectivity index (χ0n) is 10.9. The van der Waals surface area contributed by atoms with Gasteiger partial charge in [-0.3, -0.25) is 5.10 Å². The summed E-state index contributed by atoms with van der Waals surface area (Å²) >= 11 is 1.63. The first-order valence-corrected chi connectivity index (χ1v) is 7.15. The third-order valence-corrected chi connectivity index (χ3v) is 3.71. The van der Waals surface area contributed by atoms with Gasteiger partial charge < -0.3 is 10.3 Å². The van der Waals surface area contributed by atoms with Gasteiger partial charge in [-0.15, -0.1) is 5.10 Å². The minimum Gasteiger partial charge on any atom is -0.382 e. The molecule has 0 saturated carbocycles. The molecule has 0 bridgehead atoms. The standard InChI is InChI=1S/C11H14N8S/c1-7-16-11(18-17-7)20-4-2-3-19-6-15-8-9(12)13-5-14-10(8)19/h5-6H,2-4H2,1H3,(H2,12,13,14)(H,16,17,18). The maximum Gasteiger partial charge on any atom is 0.208 e. The van der Waals surface area contributed by atoms with Gasteiger partial charge in [0.25, 0.3) is 0 Å². The van der Waals surface area contributed by atoms with Crippen LogP contribution in [0.3, 0.4) is 0 Å². The first kappa shape index (κ1) is 12.9. The van der Waals surface area contributed by atoms with Gasteiger partial charge in [0.2, 0.25) is 5.16 Å². The third kappa shape index (κ3) is 2.57. The van der Waals surface area contributed by atoms with Gasteiger partial charge in [0.15, 0.2) is 11.5 Å². The highest BCUT2D eigenvalue weighted by Crippen LogP contribution is 2.17. The Balaban J connectivity index is 1.59. The summed E-state index contributed by atoms with van der Waals surface area (Å²) in [4.78, 5) is 16.6. The van der Waals surface area contributed by atoms with Gasteiger partial charge in [0.05, 0.1) is 6.33 Å². The van der Waals surface area contributed by atoms with Crippen molar-refractivity contribution >= 4 is 28.7 Å². The second-order valence-corrected chi connectivity index (χ2v) is 5.34. The molecule has 8 nitrogen and oxygen atoms in total. The van der Waals surface area contributed by atoms with Crippen molar-refractivity contribution in [3.8, 4) is 0 Å². The smallest absolute Gasteiger partial charge is 0.208 e. The molecule has 20 heavy (non-hydrogen) atoms. The van der Waals surface area contributed by atoms with Gasteiger partial charge in [-0.25, -0.2) is 19.9 Å². The van der Waals surface area contributed by atoms with Gasteiger partial charge in [-0.05, 0) is 13.3 Å². The summed E-state index contributed by atoms with van der Waals surface area (Å²) in [5.41, 5.74) is 7.18. The molecule has 0 aliphatic carbocycles. The van der Waals surface area contributed by atoms with Crippen molar-refractivity contribution in [2.45, 2.75) is 25.0 Å². The Labute approximate surface area is 119 Å². The molecule has 0 aliphatic heterocycles. The molecule has 3 aromatic heterocycles. The monoisotopic (exact) mass is 290 g/mol. The summed E-state index contributed by atoms with van der Waals surface area (Å²) < 4.78 is 1.98. The Morgan fingerprint density at radius 2 is 2.25 bits per heavy atom. The summed E-state index contributed by atoms with van der Waals surface area (Å²) in [5.74, 6) is 2.18. The number of thioether (sulfide) groups is 1. The van der Waals surface area contributed by atoms with Crippen molar-refractivity contribution in [2.24, 2.45) is 0 Å². The van der Waals surface area contributed by atoms with Crippen molar-refractivity contribution in [3.05, 3.63) is 18.5 Å². The van der Waals surface area contributed by atoms with E-state index in [0.29, 0.717) is 11.3 Å². The summed E-state index contributed by atoms with van der Waals surface area (Å²) in [5, 5.41) is 7.69. The van der Waals surface area contributed by atoms with Crippen molar-refractivity contribution in [1.29, 1.82) is 0 Å². The molecule has 0 radical (unpaired) electrons. The Kier molecular flexibility index (Phi) is 3.50. The predicted molar refractivity (Wildman–Crippen MR) is 76.2 cm³/mol. The second-order valence-electron chi connectivity index (χ2n) is 4.27. The molecule has 0 aliphatic rings. The lowest BCUT2D eigenvalue weighted by Crippen LogP contribution is -2.00. The van der Waals surface area contributed by atoms with Gasteiger partial charge in [0, 0.05) is 12.3 Å². The molecule has 3 aromatic rings. The number of nitrogen functional groups attached to an aromatic ring is 1. The molecule has 0 fully saturated rings. The highest BCUT2D eigenvalue weighted by molar-refractivity contribution is 7.99. The molecule has 0 atom stereocenters. The van der Waals surface area contributed by atoms with E-state index in [9.17, 15) is 0 Å². The number of imidazole rings is 1. The fourth-order valence-corrected chi connectivity index (χ4v) is 2.62. The van der Waals surface area contributed by atoms with Gasteiger partial charge in [0.1, 0.15) is 17.7 Å². The summed E-state index contributed by atoms with van der Waals surface area (Å²) in [6.07, 6.45) is 4.17. The second kappa shape index (κ2) is 5.45. The Morgan fingerprint density at radius 3 is 3.05 bits per heavy atom. The molecule has 0 aromatic carbocycles. The van der Waals surface area contributed by atoms with E-state index in [1.54, 1.807) is 18.1 Å². The SMILES string of the molecule is Cc1nc(SCCCn2cnc3c(N)ncnc32)n[nH]1. The number of aromatic nitrogens is 7. The molecule has 3 rings (SSSR count). The maximum absolute atomic E-state index is 5.75. The average molecular weight is 290 g/mol. The van der Waals surface area contributed by atoms with E-state index in [-0.39, 0.29) is 0 Å². The van der Waals surface area contributed by atoms with E-state index in [1.807, 2.05) is 11.5 Å². The Bertz CT molecular complexity index is 718. The van der Waals surface area contributed by atoms with Gasteiger partial charge in [-0.1, -0.05) is 11.8 Å². The van der Waals surface area contributed by atoms with Crippen molar-refractivity contribution in [3.63, 3.8) is 0 Å². The number of aryl methyl sites for hydroxylation is 2. The van der Waals surface area contributed by atoms with E-state index < -0.39 is 0 Å². The number of hydrogen-bond donors (Lipinski definition) is 2. The lowest BCUT2D eigenvalue weighted by molar-refractivity contribution is 0.696. The first-order chi connectivity index (χ1) is 9.74. The number of nitrogens with two attached hydrogens (primary N) is 1. The van der Waals surface area contributed by atoms with Gasteiger partial charge in [-0.2, -0.15) is 0 Å². The number of rotatable bonds is 5. The number of fused-ring (bicyclic) bond motifs is 1. The zero-order chi connectivity index (χ0) is 13.9. The largest absolute Gasteiger partial charge is 0.382 e. The number of anilines is 1. The molecule has 3 heterocycles.